The normalized spacial score (nSPS) is 17.0. The smallest absolute Gasteiger partial charge is 0.255 e. The van der Waals surface area contributed by atoms with Gasteiger partial charge in [-0.15, -0.1) is 0 Å². The lowest BCUT2D eigenvalue weighted by molar-refractivity contribution is 0.0594. The van der Waals surface area contributed by atoms with Gasteiger partial charge in [-0.05, 0) is 64.5 Å². The molecule has 1 saturated heterocycles. The second kappa shape index (κ2) is 6.54. The molecule has 104 valence electrons. The minimum atomic E-state index is 0.133. The Balaban J connectivity index is 2.07. The lowest BCUT2D eigenvalue weighted by atomic mass is 10.1. The topological polar surface area (TPSA) is 23.6 Å². The molecule has 0 spiro atoms. The fourth-order valence-electron chi connectivity index (χ4n) is 2.28. The maximum absolute atomic E-state index is 12.5. The van der Waals surface area contributed by atoms with Crippen LogP contribution in [0.4, 0.5) is 0 Å². The van der Waals surface area contributed by atoms with E-state index in [1.165, 1.54) is 0 Å². The monoisotopic (exact) mass is 436 g/mol. The van der Waals surface area contributed by atoms with Crippen LogP contribution in [0.15, 0.2) is 22.7 Å². The maximum Gasteiger partial charge on any atom is 0.255 e. The molecule has 1 aliphatic rings. The number of rotatable bonds is 2. The summed E-state index contributed by atoms with van der Waals surface area (Å²) in [6.45, 7) is 7.96. The number of nitrogens with zero attached hydrogens (tertiary/aromatic N) is 2. The fraction of sp³-hybridized carbons (Fsp3) is 0.500. The zero-order valence-electron chi connectivity index (χ0n) is 11.2. The van der Waals surface area contributed by atoms with Crippen LogP contribution < -0.4 is 0 Å². The van der Waals surface area contributed by atoms with Crippen LogP contribution in [0.1, 0.15) is 24.2 Å². The molecule has 0 unspecified atom stereocenters. The van der Waals surface area contributed by atoms with E-state index in [9.17, 15) is 4.79 Å². The number of amides is 1. The van der Waals surface area contributed by atoms with Gasteiger partial charge in [-0.3, -0.25) is 9.69 Å². The Kier molecular flexibility index (Phi) is 5.25. The predicted octanol–water partition coefficient (Wildman–Crippen LogP) is 3.22. The van der Waals surface area contributed by atoms with Gasteiger partial charge in [0.15, 0.2) is 0 Å². The predicted molar refractivity (Wildman–Crippen MR) is 89.5 cm³/mol. The number of carbonyl (C=O) groups excluding carboxylic acids is 1. The van der Waals surface area contributed by atoms with Crippen LogP contribution in [-0.4, -0.2) is 47.9 Å². The van der Waals surface area contributed by atoms with E-state index in [-0.39, 0.29) is 5.91 Å². The number of carbonyl (C=O) groups is 1. The molecule has 0 aliphatic carbocycles. The van der Waals surface area contributed by atoms with E-state index in [1.807, 2.05) is 23.1 Å². The van der Waals surface area contributed by atoms with Crippen molar-refractivity contribution in [3.8, 4) is 0 Å². The lowest BCUT2D eigenvalue weighted by Gasteiger charge is -2.37. The summed E-state index contributed by atoms with van der Waals surface area (Å²) in [6, 6.07) is 6.38. The molecule has 0 aromatic heterocycles. The first-order chi connectivity index (χ1) is 9.00. The van der Waals surface area contributed by atoms with E-state index in [0.717, 1.165) is 39.8 Å². The average molecular weight is 437 g/mol. The second-order valence-electron chi connectivity index (χ2n) is 5.02. The van der Waals surface area contributed by atoms with Gasteiger partial charge in [-0.2, -0.15) is 0 Å². The van der Waals surface area contributed by atoms with Gasteiger partial charge in [0.2, 0.25) is 0 Å². The molecule has 1 aliphatic heterocycles. The van der Waals surface area contributed by atoms with Crippen molar-refractivity contribution >= 4 is 44.4 Å². The molecule has 1 amide bonds. The highest BCUT2D eigenvalue weighted by atomic mass is 127. The Morgan fingerprint density at radius 3 is 2.47 bits per heavy atom. The van der Waals surface area contributed by atoms with Crippen LogP contribution in [0.3, 0.4) is 0 Å². The number of hydrogen-bond donors (Lipinski definition) is 0. The number of halogens is 2. The van der Waals surface area contributed by atoms with Crippen molar-refractivity contribution < 1.29 is 4.79 Å². The molecule has 1 fully saturated rings. The highest BCUT2D eigenvalue weighted by Crippen LogP contribution is 2.25. The van der Waals surface area contributed by atoms with Crippen molar-refractivity contribution in [1.82, 2.24) is 9.80 Å². The largest absolute Gasteiger partial charge is 0.336 e. The van der Waals surface area contributed by atoms with Crippen molar-refractivity contribution in [2.24, 2.45) is 0 Å². The average Bonchev–Trinajstić information content (AvgIpc) is 2.41. The Morgan fingerprint density at radius 1 is 1.26 bits per heavy atom. The van der Waals surface area contributed by atoms with Crippen molar-refractivity contribution in [3.63, 3.8) is 0 Å². The molecule has 0 N–H and O–H groups in total. The Hall–Kier alpha value is -0.140. The summed E-state index contributed by atoms with van der Waals surface area (Å²) in [5, 5.41) is 0. The van der Waals surface area contributed by atoms with Crippen molar-refractivity contribution in [2.75, 3.05) is 26.2 Å². The maximum atomic E-state index is 12.5. The zero-order chi connectivity index (χ0) is 14.0. The van der Waals surface area contributed by atoms with Crippen LogP contribution in [0, 0.1) is 3.57 Å². The van der Waals surface area contributed by atoms with Gasteiger partial charge in [0, 0.05) is 40.3 Å². The van der Waals surface area contributed by atoms with Crippen LogP contribution in [0.25, 0.3) is 0 Å². The summed E-state index contributed by atoms with van der Waals surface area (Å²) in [5.74, 6) is 0.133. The molecular weight excluding hydrogens is 419 g/mol. The molecule has 0 bridgehead atoms. The molecule has 0 saturated carbocycles. The number of hydrogen-bond acceptors (Lipinski definition) is 2. The molecular formula is C14H18BrIN2O. The number of benzene rings is 1. The van der Waals surface area contributed by atoms with Gasteiger partial charge in [-0.25, -0.2) is 0 Å². The third-order valence-electron chi connectivity index (χ3n) is 3.51. The molecule has 1 heterocycles. The quantitative estimate of drug-likeness (QED) is 0.664. The number of piperazine rings is 1. The van der Waals surface area contributed by atoms with Gasteiger partial charge in [0.1, 0.15) is 0 Å². The van der Waals surface area contributed by atoms with Crippen LogP contribution in [0.5, 0.6) is 0 Å². The third kappa shape index (κ3) is 3.49. The van der Waals surface area contributed by atoms with Gasteiger partial charge >= 0.3 is 0 Å². The molecule has 0 radical (unpaired) electrons. The summed E-state index contributed by atoms with van der Waals surface area (Å²) in [5.41, 5.74) is 0.768. The lowest BCUT2D eigenvalue weighted by Crippen LogP contribution is -2.50. The highest BCUT2D eigenvalue weighted by molar-refractivity contribution is 14.1. The summed E-state index contributed by atoms with van der Waals surface area (Å²) in [6.07, 6.45) is 0. The highest BCUT2D eigenvalue weighted by Gasteiger charge is 2.24. The Bertz CT molecular complexity index is 471. The molecule has 1 aromatic rings. The summed E-state index contributed by atoms with van der Waals surface area (Å²) >= 11 is 5.76. The standard InChI is InChI=1S/C14H18BrIN2O/c1-10(2)17-6-8-18(9-7-17)14(19)11-4-3-5-12(16)13(11)15/h3-5,10H,6-9H2,1-2H3. The molecule has 5 heteroatoms. The summed E-state index contributed by atoms with van der Waals surface area (Å²) in [4.78, 5) is 16.9. The van der Waals surface area contributed by atoms with Crippen LogP contribution >= 0.6 is 38.5 Å². The Morgan fingerprint density at radius 2 is 1.89 bits per heavy atom. The van der Waals surface area contributed by atoms with Crippen LogP contribution in [0.2, 0.25) is 0 Å². The molecule has 0 atom stereocenters. The molecule has 1 aromatic carbocycles. The van der Waals surface area contributed by atoms with Crippen LogP contribution in [-0.2, 0) is 0 Å². The van der Waals surface area contributed by atoms with E-state index in [4.69, 9.17) is 0 Å². The fourth-order valence-corrected chi connectivity index (χ4v) is 3.21. The van der Waals surface area contributed by atoms with E-state index in [0.29, 0.717) is 6.04 Å². The van der Waals surface area contributed by atoms with E-state index in [1.54, 1.807) is 0 Å². The van der Waals surface area contributed by atoms with Gasteiger partial charge in [-0.1, -0.05) is 6.07 Å². The minimum absolute atomic E-state index is 0.133. The first-order valence-electron chi connectivity index (χ1n) is 6.48. The SMILES string of the molecule is CC(C)N1CCN(C(=O)c2cccc(I)c2Br)CC1. The van der Waals surface area contributed by atoms with Crippen molar-refractivity contribution in [1.29, 1.82) is 0 Å². The second-order valence-corrected chi connectivity index (χ2v) is 6.98. The molecule has 2 rings (SSSR count). The van der Waals surface area contributed by atoms with Gasteiger partial charge < -0.3 is 4.90 Å². The summed E-state index contributed by atoms with van der Waals surface area (Å²) in [7, 11) is 0. The van der Waals surface area contributed by atoms with E-state index in [2.05, 4.69) is 57.3 Å². The van der Waals surface area contributed by atoms with Gasteiger partial charge in [0.25, 0.3) is 5.91 Å². The first kappa shape index (κ1) is 15.3. The van der Waals surface area contributed by atoms with Crippen molar-refractivity contribution in [2.45, 2.75) is 19.9 Å². The molecule has 19 heavy (non-hydrogen) atoms. The first-order valence-corrected chi connectivity index (χ1v) is 8.35. The van der Waals surface area contributed by atoms with E-state index >= 15 is 0 Å². The van der Waals surface area contributed by atoms with Gasteiger partial charge in [0.05, 0.1) is 5.56 Å². The third-order valence-corrected chi connectivity index (χ3v) is 6.01. The Labute approximate surface area is 136 Å². The zero-order valence-corrected chi connectivity index (χ0v) is 14.9. The minimum Gasteiger partial charge on any atom is -0.336 e. The summed E-state index contributed by atoms with van der Waals surface area (Å²) < 4.78 is 1.98. The van der Waals surface area contributed by atoms with E-state index < -0.39 is 0 Å². The molecule has 3 nitrogen and oxygen atoms in total. The van der Waals surface area contributed by atoms with Crippen molar-refractivity contribution in [3.05, 3.63) is 31.8 Å².